The number of thiol groups is 2. The van der Waals surface area contributed by atoms with Crippen molar-refractivity contribution >= 4 is 130 Å². The number of carboxylic acid groups (broad SMARTS) is 2. The van der Waals surface area contributed by atoms with Crippen LogP contribution in [0.25, 0.3) is 21.8 Å². The van der Waals surface area contributed by atoms with Gasteiger partial charge < -0.3 is 111 Å². The fourth-order valence-corrected chi connectivity index (χ4v) is 12.2. The van der Waals surface area contributed by atoms with Crippen LogP contribution in [-0.2, 0) is 99.2 Å². The second-order valence-electron chi connectivity index (χ2n) is 26.2. The molecule has 12 atom stereocenters. The van der Waals surface area contributed by atoms with Gasteiger partial charge in [0.25, 0.3) is 0 Å². The summed E-state index contributed by atoms with van der Waals surface area (Å²) in [5.74, 6) is -16.0. The molecule has 0 aliphatic carbocycles. The number of rotatable bonds is 45. The number of phenolic OH excluding ortho intramolecular Hbond substituents is 1. The van der Waals surface area contributed by atoms with E-state index in [9.17, 15) is 78.0 Å². The molecule has 38 heteroatoms. The Morgan fingerprint density at radius 3 is 1.39 bits per heavy atom. The molecule has 7 rings (SSSR count). The molecule has 7 aromatic rings. The van der Waals surface area contributed by atoms with E-state index in [1.807, 2.05) is 0 Å². The first-order valence-electron chi connectivity index (χ1n) is 35.3. The number of aromatic hydroxyl groups is 1. The number of aliphatic carboxylic acids is 2. The summed E-state index contributed by atoms with van der Waals surface area (Å²) in [4.78, 5) is 207. The van der Waals surface area contributed by atoms with E-state index in [0.29, 0.717) is 50.5 Å². The standard InChI is InChI=1S/C73H92N18O18S2/c1-38(92)62(91-63(99)47(75)35-110)73(109)89-57(30-61(97)98)71(107)87-54(27-41-31-78-48-15-7-5-13-45(41)48)68(104)82-50(17-9-10-24-74)65(101)90-58(36-111)72(108)85-53(26-40-18-20-44(93)21-19-40)67(103)86-55(28-42-32-79-49-16-8-6-14-46(42)49)69(105)88-56(29-43-33-77-37-81-43)70(106)83-51(22-23-60(95)96)66(102)84-52(64(100)80-34-59(76)94)25-39-11-3-2-4-12-39/h2-8,11-16,18-21,31-33,37-38,47,50-58,62,78-79,92-93,110-111H,9-10,17,22-30,34-36,74-75H2,1H3,(H2,76,94)(H,77,81)(H,80,100)(H,82,104)(H,83,106)(H,84,102)(H,85,108)(H,86,103)(H,87,107)(H,88,105)(H,89,109)(H,90,101)(H,91,99)(H,95,96)(H,97,98)/t38-,47+,50+,51+,52+,53+,54+,55+,56+,57+,58+,62+/m1/s1. The first-order chi connectivity index (χ1) is 53.0. The summed E-state index contributed by atoms with van der Waals surface area (Å²) in [6, 6.07) is 9.98. The number of nitrogens with two attached hydrogens (primary N) is 3. The molecule has 0 bridgehead atoms. The summed E-state index contributed by atoms with van der Waals surface area (Å²) >= 11 is 8.39. The molecule has 0 unspecified atom stereocenters. The van der Waals surface area contributed by atoms with E-state index in [4.69, 9.17) is 17.2 Å². The Bertz CT molecular complexity index is 4390. The van der Waals surface area contributed by atoms with Crippen molar-refractivity contribution in [2.45, 2.75) is 150 Å². The molecule has 4 aromatic carbocycles. The minimum atomic E-state index is -1.95. The molecule has 0 radical (unpaired) electrons. The summed E-state index contributed by atoms with van der Waals surface area (Å²) in [5, 5.41) is 69.5. The van der Waals surface area contributed by atoms with E-state index in [1.54, 1.807) is 91.3 Å². The smallest absolute Gasteiger partial charge is 0.305 e. The Kier molecular flexibility index (Phi) is 33.3. The number of carbonyl (C=O) groups excluding carboxylic acids is 12. The third-order valence-corrected chi connectivity index (χ3v) is 18.5. The van der Waals surface area contributed by atoms with Gasteiger partial charge in [0.2, 0.25) is 70.9 Å². The highest BCUT2D eigenvalue weighted by atomic mass is 32.1. The number of phenols is 1. The van der Waals surface area contributed by atoms with E-state index < -0.39 is 187 Å². The van der Waals surface area contributed by atoms with Crippen molar-refractivity contribution in [1.29, 1.82) is 0 Å². The summed E-state index contributed by atoms with van der Waals surface area (Å²) in [7, 11) is 0. The van der Waals surface area contributed by atoms with E-state index in [1.165, 1.54) is 36.8 Å². The lowest BCUT2D eigenvalue weighted by atomic mass is 10.0. The van der Waals surface area contributed by atoms with Crippen LogP contribution < -0.4 is 75.7 Å². The number of aliphatic hydroxyl groups is 1. The molecule has 3 aromatic heterocycles. The Morgan fingerprint density at radius 2 is 0.910 bits per heavy atom. The van der Waals surface area contributed by atoms with E-state index in [-0.39, 0.29) is 68.7 Å². The van der Waals surface area contributed by atoms with Crippen LogP contribution in [0, 0.1) is 0 Å². The number of imidazole rings is 1. The van der Waals surface area contributed by atoms with Gasteiger partial charge in [0.05, 0.1) is 31.4 Å². The lowest BCUT2D eigenvalue weighted by molar-refractivity contribution is -0.142. The molecule has 12 amide bonds. The van der Waals surface area contributed by atoms with Crippen LogP contribution >= 0.6 is 25.3 Å². The summed E-state index contributed by atoms with van der Waals surface area (Å²) in [5.41, 5.74) is 20.3. The van der Waals surface area contributed by atoms with Crippen LogP contribution in [0.15, 0.2) is 128 Å². The van der Waals surface area contributed by atoms with Gasteiger partial charge in [-0.1, -0.05) is 78.9 Å². The summed E-state index contributed by atoms with van der Waals surface area (Å²) in [6.45, 7) is 0.679. The van der Waals surface area contributed by atoms with Crippen molar-refractivity contribution < 1.29 is 87.5 Å². The van der Waals surface area contributed by atoms with Crippen molar-refractivity contribution in [2.24, 2.45) is 17.2 Å². The third-order valence-electron chi connectivity index (χ3n) is 17.7. The topological polar surface area (TPSA) is 591 Å². The van der Waals surface area contributed by atoms with Gasteiger partial charge in [0.1, 0.15) is 66.2 Å². The SMILES string of the molecule is C[C@@H](O)[C@H](NC(=O)[C@@H](N)CS)C(=O)N[C@@H](CC(=O)O)C(=O)N[C@@H](Cc1c[nH]c2ccccc12)C(=O)N[C@@H](CCCCN)C(=O)N[C@@H](CS)C(=O)N[C@@H](Cc1ccc(O)cc1)C(=O)N[C@@H](Cc1c[nH]c2ccccc12)C(=O)N[C@@H](Cc1cnc[nH]1)C(=O)N[C@@H](CCC(=O)O)C(=O)N[C@@H](Cc1ccccc1)C(=O)NCC(N)=O. The number of para-hydroxylation sites is 2. The lowest BCUT2D eigenvalue weighted by Crippen LogP contribution is -2.62. The van der Waals surface area contributed by atoms with Crippen LogP contribution in [-0.4, -0.2) is 220 Å². The number of unbranched alkanes of at least 4 members (excludes halogenated alkanes) is 1. The maximum atomic E-state index is 15.2. The fourth-order valence-electron chi connectivity index (χ4n) is 11.8. The summed E-state index contributed by atoms with van der Waals surface area (Å²) in [6.07, 6.45) is 0.770. The zero-order valence-electron chi connectivity index (χ0n) is 60.2. The van der Waals surface area contributed by atoms with Crippen LogP contribution in [0.1, 0.15) is 73.4 Å². The Balaban J connectivity index is 1.17. The molecule has 24 N–H and O–H groups in total. The molecule has 594 valence electrons. The number of hydrogen-bond acceptors (Lipinski definition) is 21. The molecule has 3 heterocycles. The maximum Gasteiger partial charge on any atom is 0.305 e. The average molecular weight is 1570 g/mol. The molecule has 0 fully saturated rings. The second-order valence-corrected chi connectivity index (χ2v) is 26.9. The molecule has 0 aliphatic rings. The average Bonchev–Trinajstić information content (AvgIpc) is 1.72. The molecule has 0 saturated carbocycles. The fraction of sp³-hybridized carbons (Fsp3) is 0.384. The Morgan fingerprint density at radius 1 is 0.468 bits per heavy atom. The van der Waals surface area contributed by atoms with E-state index >= 15 is 9.59 Å². The monoisotopic (exact) mass is 1570 g/mol. The molecular formula is C73H92N18O18S2. The van der Waals surface area contributed by atoms with Gasteiger partial charge in [-0.05, 0) is 85.7 Å². The van der Waals surface area contributed by atoms with Crippen molar-refractivity contribution in [3.05, 3.63) is 156 Å². The first-order valence-corrected chi connectivity index (χ1v) is 36.6. The predicted octanol–water partition coefficient (Wildman–Crippen LogP) is -2.92. The van der Waals surface area contributed by atoms with Gasteiger partial charge in [0.15, 0.2) is 0 Å². The first kappa shape index (κ1) is 86.4. The van der Waals surface area contributed by atoms with E-state index in [0.717, 1.165) is 6.92 Å². The number of carboxylic acids is 2. The lowest BCUT2D eigenvalue weighted by Gasteiger charge is -2.28. The van der Waals surface area contributed by atoms with Gasteiger partial charge in [0, 0.05) is 96.1 Å². The van der Waals surface area contributed by atoms with Gasteiger partial charge >= 0.3 is 11.9 Å². The Labute approximate surface area is 646 Å². The number of aromatic amines is 3. The highest BCUT2D eigenvalue weighted by Gasteiger charge is 2.38. The highest BCUT2D eigenvalue weighted by molar-refractivity contribution is 7.80. The number of benzene rings is 4. The van der Waals surface area contributed by atoms with Gasteiger partial charge in [-0.2, -0.15) is 25.3 Å². The van der Waals surface area contributed by atoms with Gasteiger partial charge in [-0.3, -0.25) is 67.1 Å². The molecular weight excluding hydrogens is 1480 g/mol. The minimum Gasteiger partial charge on any atom is -0.508 e. The number of nitrogens with one attached hydrogen (secondary N) is 14. The zero-order valence-corrected chi connectivity index (χ0v) is 62.0. The van der Waals surface area contributed by atoms with Crippen molar-refractivity contribution in [1.82, 2.24) is 78.4 Å². The molecule has 0 aliphatic heterocycles. The Hall–Kier alpha value is -11.9. The number of carbonyl (C=O) groups is 14. The van der Waals surface area contributed by atoms with Gasteiger partial charge in [-0.15, -0.1) is 0 Å². The van der Waals surface area contributed by atoms with Crippen LogP contribution in [0.5, 0.6) is 5.75 Å². The predicted molar refractivity (Wildman–Crippen MR) is 409 cm³/mol. The number of amides is 12. The zero-order chi connectivity index (χ0) is 80.8. The number of primary amides is 1. The number of nitrogens with zero attached hydrogens (tertiary/aromatic N) is 1. The molecule has 111 heavy (non-hydrogen) atoms. The number of aliphatic hydroxyl groups excluding tert-OH is 1. The maximum absolute atomic E-state index is 15.2. The minimum absolute atomic E-state index is 0.132. The number of hydrogen-bond donors (Lipinski definition) is 23. The quantitative estimate of drug-likeness (QED) is 0.0134. The third kappa shape index (κ3) is 26.7. The van der Waals surface area contributed by atoms with Crippen molar-refractivity contribution in [2.75, 3.05) is 24.6 Å². The normalized spacial score (nSPS) is 14.4. The second kappa shape index (κ2) is 42.8. The molecule has 36 nitrogen and oxygen atoms in total. The van der Waals surface area contributed by atoms with Crippen molar-refractivity contribution in [3.63, 3.8) is 0 Å². The number of fused-ring (bicyclic) bond motifs is 2. The van der Waals surface area contributed by atoms with Crippen LogP contribution in [0.3, 0.4) is 0 Å². The summed E-state index contributed by atoms with van der Waals surface area (Å²) < 4.78 is 0. The number of aromatic nitrogens is 4. The number of H-pyrrole nitrogens is 3. The van der Waals surface area contributed by atoms with Crippen LogP contribution in [0.4, 0.5) is 0 Å². The molecule has 0 spiro atoms. The largest absolute Gasteiger partial charge is 0.508 e. The van der Waals surface area contributed by atoms with Crippen LogP contribution in [0.2, 0.25) is 0 Å². The highest BCUT2D eigenvalue weighted by Crippen LogP contribution is 2.23. The molecule has 0 saturated heterocycles. The van der Waals surface area contributed by atoms with E-state index in [2.05, 4.69) is 104 Å². The van der Waals surface area contributed by atoms with Crippen molar-refractivity contribution in [3.8, 4) is 5.75 Å². The van der Waals surface area contributed by atoms with Gasteiger partial charge in [-0.25, -0.2) is 4.98 Å².